The number of amides is 2. The number of anilines is 1. The van der Waals surface area contributed by atoms with Crippen LogP contribution in [0.1, 0.15) is 38.2 Å². The van der Waals surface area contributed by atoms with Crippen molar-refractivity contribution >= 4 is 17.5 Å². The third kappa shape index (κ3) is 4.08. The van der Waals surface area contributed by atoms with E-state index in [1.54, 1.807) is 4.90 Å². The molecule has 0 spiro atoms. The van der Waals surface area contributed by atoms with E-state index in [2.05, 4.69) is 24.4 Å². The predicted molar refractivity (Wildman–Crippen MR) is 79.9 cm³/mol. The molecule has 2 rings (SSSR count). The Labute approximate surface area is 120 Å². The van der Waals surface area contributed by atoms with E-state index in [1.165, 1.54) is 18.4 Å². The quantitative estimate of drug-likeness (QED) is 0.916. The summed E-state index contributed by atoms with van der Waals surface area (Å²) in [6, 6.07) is 7.89. The molecule has 0 bridgehead atoms. The molecule has 1 fully saturated rings. The van der Waals surface area contributed by atoms with Crippen LogP contribution in [0.15, 0.2) is 24.3 Å². The van der Waals surface area contributed by atoms with Gasteiger partial charge in [-0.3, -0.25) is 4.79 Å². The van der Waals surface area contributed by atoms with Crippen LogP contribution in [0.2, 0.25) is 0 Å². The largest absolute Gasteiger partial charge is 0.324 e. The second kappa shape index (κ2) is 7.08. The second-order valence-corrected chi connectivity index (χ2v) is 5.26. The number of ketones is 1. The van der Waals surface area contributed by atoms with Crippen molar-refractivity contribution < 1.29 is 9.59 Å². The lowest BCUT2D eigenvalue weighted by Gasteiger charge is -2.26. The molecule has 1 heterocycles. The number of carbonyl (C=O) groups excluding carboxylic acids is 2. The number of benzene rings is 1. The maximum atomic E-state index is 12.0. The first kappa shape index (κ1) is 14.6. The zero-order valence-corrected chi connectivity index (χ0v) is 12.0. The van der Waals surface area contributed by atoms with Gasteiger partial charge in [-0.05, 0) is 30.5 Å². The number of likely N-dealkylation sites (tertiary alicyclic amines) is 1. The van der Waals surface area contributed by atoms with Crippen LogP contribution in [0.25, 0.3) is 0 Å². The smallest absolute Gasteiger partial charge is 0.321 e. The van der Waals surface area contributed by atoms with E-state index in [0.29, 0.717) is 25.9 Å². The molecule has 1 aliphatic heterocycles. The highest BCUT2D eigenvalue weighted by molar-refractivity contribution is 5.91. The van der Waals surface area contributed by atoms with Crippen molar-refractivity contribution in [3.63, 3.8) is 0 Å². The molecule has 0 saturated carbocycles. The number of hydrogen-bond donors (Lipinski definition) is 1. The highest BCUT2D eigenvalue weighted by atomic mass is 16.2. The monoisotopic (exact) mass is 274 g/mol. The van der Waals surface area contributed by atoms with Crippen LogP contribution in [0.3, 0.4) is 0 Å². The predicted octanol–water partition coefficient (Wildman–Crippen LogP) is 3.23. The number of piperidine rings is 1. The number of hydrogen-bond acceptors (Lipinski definition) is 2. The summed E-state index contributed by atoms with van der Waals surface area (Å²) in [7, 11) is 0. The fraction of sp³-hybridized carbons (Fsp3) is 0.500. The van der Waals surface area contributed by atoms with Gasteiger partial charge in [0.15, 0.2) is 0 Å². The van der Waals surface area contributed by atoms with Gasteiger partial charge in [0.25, 0.3) is 0 Å². The van der Waals surface area contributed by atoms with Crippen LogP contribution >= 0.6 is 0 Å². The van der Waals surface area contributed by atoms with Crippen LogP contribution < -0.4 is 5.32 Å². The third-order valence-electron chi connectivity index (χ3n) is 3.63. The molecule has 1 saturated heterocycles. The van der Waals surface area contributed by atoms with Crippen LogP contribution in [0.4, 0.5) is 10.5 Å². The van der Waals surface area contributed by atoms with Gasteiger partial charge < -0.3 is 10.2 Å². The molecule has 0 aromatic heterocycles. The van der Waals surface area contributed by atoms with Crippen LogP contribution in [0, 0.1) is 0 Å². The minimum Gasteiger partial charge on any atom is -0.324 e. The first-order valence-electron chi connectivity index (χ1n) is 7.35. The van der Waals surface area contributed by atoms with Crippen molar-refractivity contribution in [3.05, 3.63) is 29.8 Å². The standard InChI is InChI=1S/C16H22N2O2/c1-2-3-4-13-5-7-14(8-6-13)17-16(20)18-11-9-15(19)10-12-18/h5-8H,2-4,9-12H2,1H3,(H,17,20). The summed E-state index contributed by atoms with van der Waals surface area (Å²) >= 11 is 0. The summed E-state index contributed by atoms with van der Waals surface area (Å²) in [6.45, 7) is 3.23. The summed E-state index contributed by atoms with van der Waals surface area (Å²) in [5.74, 6) is 0.245. The number of nitrogens with one attached hydrogen (secondary N) is 1. The van der Waals surface area contributed by atoms with Gasteiger partial charge in [-0.25, -0.2) is 4.79 Å². The fourth-order valence-corrected chi connectivity index (χ4v) is 2.30. The van der Waals surface area contributed by atoms with Gasteiger partial charge in [0.2, 0.25) is 0 Å². The lowest BCUT2D eigenvalue weighted by atomic mass is 10.1. The average Bonchev–Trinajstić information content (AvgIpc) is 2.47. The summed E-state index contributed by atoms with van der Waals surface area (Å²) in [4.78, 5) is 24.9. The molecular weight excluding hydrogens is 252 g/mol. The van der Waals surface area contributed by atoms with Crippen LogP contribution in [0.5, 0.6) is 0 Å². The van der Waals surface area contributed by atoms with Gasteiger partial charge in [0.05, 0.1) is 0 Å². The molecular formula is C16H22N2O2. The molecule has 0 unspecified atom stereocenters. The highest BCUT2D eigenvalue weighted by Crippen LogP contribution is 2.14. The Morgan fingerprint density at radius 2 is 1.85 bits per heavy atom. The number of Topliss-reactive ketones (excluding diaryl/α,β-unsaturated/α-hetero) is 1. The van der Waals surface area contributed by atoms with Crippen molar-refractivity contribution in [1.82, 2.24) is 4.90 Å². The lowest BCUT2D eigenvalue weighted by Crippen LogP contribution is -2.41. The van der Waals surface area contributed by atoms with Crippen molar-refractivity contribution in [2.75, 3.05) is 18.4 Å². The van der Waals surface area contributed by atoms with E-state index in [-0.39, 0.29) is 11.8 Å². The van der Waals surface area contributed by atoms with Crippen molar-refractivity contribution in [2.24, 2.45) is 0 Å². The normalized spacial score (nSPS) is 15.2. The Kier molecular flexibility index (Phi) is 5.16. The average molecular weight is 274 g/mol. The lowest BCUT2D eigenvalue weighted by molar-refractivity contribution is -0.120. The van der Waals surface area contributed by atoms with Crippen molar-refractivity contribution in [1.29, 1.82) is 0 Å². The summed E-state index contributed by atoms with van der Waals surface area (Å²) in [6.07, 6.45) is 4.41. The SMILES string of the molecule is CCCCc1ccc(NC(=O)N2CCC(=O)CC2)cc1. The Morgan fingerprint density at radius 3 is 2.45 bits per heavy atom. The van der Waals surface area contributed by atoms with Gasteiger partial charge in [0, 0.05) is 31.6 Å². The van der Waals surface area contributed by atoms with Gasteiger partial charge in [-0.2, -0.15) is 0 Å². The van der Waals surface area contributed by atoms with E-state index < -0.39 is 0 Å². The Balaban J connectivity index is 1.86. The molecule has 1 aromatic carbocycles. The number of urea groups is 1. The minimum atomic E-state index is -0.112. The molecule has 4 heteroatoms. The minimum absolute atomic E-state index is 0.112. The molecule has 20 heavy (non-hydrogen) atoms. The third-order valence-corrected chi connectivity index (χ3v) is 3.63. The maximum Gasteiger partial charge on any atom is 0.321 e. The first-order chi connectivity index (χ1) is 9.69. The van der Waals surface area contributed by atoms with Gasteiger partial charge in [-0.15, -0.1) is 0 Å². The van der Waals surface area contributed by atoms with Gasteiger partial charge in [-0.1, -0.05) is 25.5 Å². The van der Waals surface area contributed by atoms with Gasteiger partial charge >= 0.3 is 6.03 Å². The van der Waals surface area contributed by atoms with E-state index in [0.717, 1.165) is 12.1 Å². The molecule has 1 N–H and O–H groups in total. The Bertz CT molecular complexity index is 458. The number of aryl methyl sites for hydroxylation is 1. The molecule has 0 atom stereocenters. The van der Waals surface area contributed by atoms with Crippen molar-refractivity contribution in [3.8, 4) is 0 Å². The molecule has 1 aliphatic rings. The van der Waals surface area contributed by atoms with E-state index >= 15 is 0 Å². The zero-order valence-electron chi connectivity index (χ0n) is 12.0. The highest BCUT2D eigenvalue weighted by Gasteiger charge is 2.20. The summed E-state index contributed by atoms with van der Waals surface area (Å²) in [5, 5.41) is 2.89. The van der Waals surface area contributed by atoms with Gasteiger partial charge in [0.1, 0.15) is 5.78 Å². The molecule has 0 aliphatic carbocycles. The van der Waals surface area contributed by atoms with E-state index in [4.69, 9.17) is 0 Å². The second-order valence-electron chi connectivity index (χ2n) is 5.26. The number of rotatable bonds is 4. The zero-order chi connectivity index (χ0) is 14.4. The number of unbranched alkanes of at least 4 members (excludes halogenated alkanes) is 1. The molecule has 2 amide bonds. The Hall–Kier alpha value is -1.84. The molecule has 0 radical (unpaired) electrons. The van der Waals surface area contributed by atoms with Crippen molar-refractivity contribution in [2.45, 2.75) is 39.0 Å². The van der Waals surface area contributed by atoms with E-state index in [9.17, 15) is 9.59 Å². The number of nitrogens with zero attached hydrogens (tertiary/aromatic N) is 1. The maximum absolute atomic E-state index is 12.0. The fourth-order valence-electron chi connectivity index (χ4n) is 2.30. The topological polar surface area (TPSA) is 49.4 Å². The molecule has 4 nitrogen and oxygen atoms in total. The van der Waals surface area contributed by atoms with E-state index in [1.807, 2.05) is 12.1 Å². The molecule has 1 aromatic rings. The number of carbonyl (C=O) groups is 2. The summed E-state index contributed by atoms with van der Waals surface area (Å²) < 4.78 is 0. The summed E-state index contributed by atoms with van der Waals surface area (Å²) in [5.41, 5.74) is 2.11. The first-order valence-corrected chi connectivity index (χ1v) is 7.35. The Morgan fingerprint density at radius 1 is 1.20 bits per heavy atom. The van der Waals surface area contributed by atoms with Crippen LogP contribution in [-0.4, -0.2) is 29.8 Å². The van der Waals surface area contributed by atoms with Crippen LogP contribution in [-0.2, 0) is 11.2 Å². The molecule has 108 valence electrons.